The summed E-state index contributed by atoms with van der Waals surface area (Å²) in [4.78, 5) is 23.3. The lowest BCUT2D eigenvalue weighted by Crippen LogP contribution is -2.13. The Bertz CT molecular complexity index is 944. The molecule has 2 N–H and O–H groups in total. The number of hydrogen-bond donors (Lipinski definition) is 2. The first-order valence-corrected chi connectivity index (χ1v) is 9.54. The molecule has 1 aliphatic carbocycles. The molecule has 8 nitrogen and oxygen atoms in total. The molecule has 3 rings (SSSR count). The number of carboxylic acids is 1. The molecule has 0 bridgehead atoms. The summed E-state index contributed by atoms with van der Waals surface area (Å²) < 4.78 is 25.1. The normalized spacial score (nSPS) is 14.3. The van der Waals surface area contributed by atoms with Crippen molar-refractivity contribution < 1.29 is 23.1 Å². The fourth-order valence-corrected chi connectivity index (χ4v) is 3.04. The fraction of sp³-hybridized carbons (Fsp3) is 0.312. The third-order valence-electron chi connectivity index (χ3n) is 3.88. The van der Waals surface area contributed by atoms with Crippen molar-refractivity contribution in [3.8, 4) is 0 Å². The third-order valence-corrected chi connectivity index (χ3v) is 4.97. The molecule has 9 heteroatoms. The lowest BCUT2D eigenvalue weighted by molar-refractivity contribution is 0.0696. The van der Waals surface area contributed by atoms with Crippen molar-refractivity contribution in [1.29, 1.82) is 0 Å². The number of anilines is 1. The molecule has 1 saturated carbocycles. The summed E-state index contributed by atoms with van der Waals surface area (Å²) in [7, 11) is -3.62. The number of nitrogens with one attached hydrogen (secondary N) is 1. The number of aromatic carboxylic acids is 1. The van der Waals surface area contributed by atoms with E-state index in [9.17, 15) is 18.0 Å². The average molecular weight is 363 g/mol. The van der Waals surface area contributed by atoms with Crippen LogP contribution in [0.5, 0.6) is 0 Å². The maximum absolute atomic E-state index is 12.3. The van der Waals surface area contributed by atoms with Crippen LogP contribution in [0.4, 0.5) is 5.69 Å². The molecule has 1 aliphatic rings. The highest BCUT2D eigenvalue weighted by Crippen LogP contribution is 2.30. The number of amides is 1. The number of carbonyl (C=O) groups excluding carboxylic acids is 1. The molecular formula is C16H17N3O5S. The van der Waals surface area contributed by atoms with Gasteiger partial charge in [-0.15, -0.1) is 0 Å². The number of hydrogen-bond acceptors (Lipinski definition) is 5. The summed E-state index contributed by atoms with van der Waals surface area (Å²) in [5.41, 5.74) is 0.199. The van der Waals surface area contributed by atoms with Crippen molar-refractivity contribution >= 4 is 27.4 Å². The molecule has 2 aromatic rings. The monoisotopic (exact) mass is 363 g/mol. The zero-order valence-corrected chi connectivity index (χ0v) is 14.3. The molecule has 132 valence electrons. The Hall–Kier alpha value is -2.68. The van der Waals surface area contributed by atoms with E-state index in [-0.39, 0.29) is 16.1 Å². The number of carboxylic acid groups (broad SMARTS) is 1. The van der Waals surface area contributed by atoms with Gasteiger partial charge in [0.15, 0.2) is 9.84 Å². The van der Waals surface area contributed by atoms with Crippen LogP contribution in [-0.4, -0.2) is 41.4 Å². The van der Waals surface area contributed by atoms with E-state index in [0.717, 1.165) is 31.7 Å². The van der Waals surface area contributed by atoms with Crippen LogP contribution in [0.2, 0.25) is 0 Å². The smallest absolute Gasteiger partial charge is 0.335 e. The molecular weight excluding hydrogens is 346 g/mol. The summed E-state index contributed by atoms with van der Waals surface area (Å²) in [6, 6.07) is 3.50. The van der Waals surface area contributed by atoms with Gasteiger partial charge in [0.1, 0.15) is 0 Å². The van der Waals surface area contributed by atoms with Crippen LogP contribution in [0.3, 0.4) is 0 Å². The van der Waals surface area contributed by atoms with Crippen molar-refractivity contribution in [3.05, 3.63) is 41.7 Å². The van der Waals surface area contributed by atoms with Gasteiger partial charge in [0.2, 0.25) is 0 Å². The summed E-state index contributed by atoms with van der Waals surface area (Å²) in [5, 5.41) is 15.8. The average Bonchev–Trinajstić information content (AvgIpc) is 3.20. The summed E-state index contributed by atoms with van der Waals surface area (Å²) in [5.74, 6) is -1.15. The topological polar surface area (TPSA) is 118 Å². The molecule has 0 radical (unpaired) electrons. The third kappa shape index (κ3) is 4.24. The van der Waals surface area contributed by atoms with Crippen LogP contribution in [0.1, 0.15) is 33.6 Å². The molecule has 0 saturated heterocycles. The maximum Gasteiger partial charge on any atom is 0.335 e. The number of sulfone groups is 1. The number of aromatic nitrogens is 2. The Morgan fingerprint density at radius 1 is 1.28 bits per heavy atom. The lowest BCUT2D eigenvalue weighted by Gasteiger charge is -2.08. The molecule has 0 spiro atoms. The number of carbonyl (C=O) groups is 2. The zero-order chi connectivity index (χ0) is 18.2. The first-order chi connectivity index (χ1) is 11.7. The van der Waals surface area contributed by atoms with Crippen LogP contribution in [0.25, 0.3) is 0 Å². The number of nitrogens with zero attached hydrogens (tertiary/aromatic N) is 2. The SMILES string of the molecule is CS(=O)(=O)c1cc(NC(=O)c2cnn(CC3CC3)c2)cc(C(=O)O)c1. The minimum Gasteiger partial charge on any atom is -0.478 e. The second kappa shape index (κ2) is 6.32. The molecule has 0 atom stereocenters. The van der Waals surface area contributed by atoms with Crippen LogP contribution in [0, 0.1) is 5.92 Å². The van der Waals surface area contributed by atoms with E-state index in [1.165, 1.54) is 18.3 Å². The summed E-state index contributed by atoms with van der Waals surface area (Å²) in [6.07, 6.45) is 6.35. The number of benzene rings is 1. The highest BCUT2D eigenvalue weighted by molar-refractivity contribution is 7.90. The van der Waals surface area contributed by atoms with Crippen LogP contribution < -0.4 is 5.32 Å². The molecule has 1 fully saturated rings. The Balaban J connectivity index is 1.83. The van der Waals surface area contributed by atoms with E-state index in [1.807, 2.05) is 0 Å². The molecule has 1 heterocycles. The van der Waals surface area contributed by atoms with Gasteiger partial charge in [0.25, 0.3) is 5.91 Å². The molecule has 1 aromatic carbocycles. The fourth-order valence-electron chi connectivity index (χ4n) is 2.36. The van der Waals surface area contributed by atoms with E-state index >= 15 is 0 Å². The second-order valence-electron chi connectivity index (χ2n) is 6.17. The van der Waals surface area contributed by atoms with Crippen LogP contribution >= 0.6 is 0 Å². The van der Waals surface area contributed by atoms with Crippen molar-refractivity contribution in [2.24, 2.45) is 5.92 Å². The van der Waals surface area contributed by atoms with E-state index in [0.29, 0.717) is 11.5 Å². The minimum atomic E-state index is -3.62. The Labute approximate surface area is 144 Å². The van der Waals surface area contributed by atoms with Crippen LogP contribution in [-0.2, 0) is 16.4 Å². The van der Waals surface area contributed by atoms with Gasteiger partial charge in [-0.1, -0.05) is 0 Å². The molecule has 0 aliphatic heterocycles. The largest absolute Gasteiger partial charge is 0.478 e. The highest BCUT2D eigenvalue weighted by atomic mass is 32.2. The Morgan fingerprint density at radius 3 is 2.60 bits per heavy atom. The van der Waals surface area contributed by atoms with Crippen molar-refractivity contribution in [1.82, 2.24) is 9.78 Å². The predicted molar refractivity (Wildman–Crippen MR) is 89.4 cm³/mol. The van der Waals surface area contributed by atoms with E-state index in [1.54, 1.807) is 10.9 Å². The minimum absolute atomic E-state index is 0.0975. The molecule has 25 heavy (non-hydrogen) atoms. The van der Waals surface area contributed by atoms with Gasteiger partial charge in [-0.3, -0.25) is 9.48 Å². The molecule has 1 amide bonds. The van der Waals surface area contributed by atoms with Crippen molar-refractivity contribution in [2.45, 2.75) is 24.3 Å². The molecule has 1 aromatic heterocycles. The summed E-state index contributed by atoms with van der Waals surface area (Å²) >= 11 is 0. The molecule has 0 unspecified atom stereocenters. The van der Waals surface area contributed by atoms with Gasteiger partial charge in [-0.2, -0.15) is 5.10 Å². The van der Waals surface area contributed by atoms with E-state index in [2.05, 4.69) is 10.4 Å². The van der Waals surface area contributed by atoms with E-state index in [4.69, 9.17) is 5.11 Å². The zero-order valence-electron chi connectivity index (χ0n) is 13.5. The van der Waals surface area contributed by atoms with Gasteiger partial charge in [-0.05, 0) is 37.0 Å². The maximum atomic E-state index is 12.3. The predicted octanol–water partition coefficient (Wildman–Crippen LogP) is 1.65. The first-order valence-electron chi connectivity index (χ1n) is 7.64. The quantitative estimate of drug-likeness (QED) is 0.805. The van der Waals surface area contributed by atoms with Crippen LogP contribution in [0.15, 0.2) is 35.5 Å². The first kappa shape index (κ1) is 17.2. The van der Waals surface area contributed by atoms with Crippen molar-refractivity contribution in [3.63, 3.8) is 0 Å². The van der Waals surface area contributed by atoms with Crippen molar-refractivity contribution in [2.75, 3.05) is 11.6 Å². The van der Waals surface area contributed by atoms with E-state index < -0.39 is 21.7 Å². The van der Waals surface area contributed by atoms with Gasteiger partial charge in [0.05, 0.1) is 22.2 Å². The van der Waals surface area contributed by atoms with Gasteiger partial charge in [-0.25, -0.2) is 13.2 Å². The lowest BCUT2D eigenvalue weighted by atomic mass is 10.2. The summed E-state index contributed by atoms with van der Waals surface area (Å²) in [6.45, 7) is 0.764. The van der Waals surface area contributed by atoms with Gasteiger partial charge in [0, 0.05) is 24.7 Å². The van der Waals surface area contributed by atoms with Gasteiger partial charge < -0.3 is 10.4 Å². The van der Waals surface area contributed by atoms with Gasteiger partial charge >= 0.3 is 5.97 Å². The Kier molecular flexibility index (Phi) is 4.34. The second-order valence-corrected chi connectivity index (χ2v) is 8.19. The number of rotatable bonds is 6. The highest BCUT2D eigenvalue weighted by Gasteiger charge is 2.22. The standard InChI is InChI=1S/C16H17N3O5S/c1-25(23,24)14-5-11(16(21)22)4-13(6-14)18-15(20)12-7-17-19(9-12)8-10-2-3-10/h4-7,9-10H,2-3,8H2,1H3,(H,18,20)(H,21,22). The Morgan fingerprint density at radius 2 is 2.00 bits per heavy atom.